The van der Waals surface area contributed by atoms with Crippen LogP contribution in [0.1, 0.15) is 12.0 Å². The van der Waals surface area contributed by atoms with E-state index in [1.165, 1.54) is 0 Å². The van der Waals surface area contributed by atoms with E-state index in [2.05, 4.69) is 30.6 Å². The van der Waals surface area contributed by atoms with E-state index >= 15 is 0 Å². The topological polar surface area (TPSA) is 9.23 Å². The van der Waals surface area contributed by atoms with E-state index in [-0.39, 0.29) is 0 Å². The van der Waals surface area contributed by atoms with E-state index in [4.69, 9.17) is 4.74 Å². The summed E-state index contributed by atoms with van der Waals surface area (Å²) < 4.78 is 5.78. The van der Waals surface area contributed by atoms with Gasteiger partial charge in [0.25, 0.3) is 0 Å². The maximum Gasteiger partial charge on any atom is 0.176 e. The van der Waals surface area contributed by atoms with Crippen molar-refractivity contribution in [2.24, 2.45) is 0 Å². The van der Waals surface area contributed by atoms with Gasteiger partial charge in [-0.1, -0.05) is 67.0 Å². The molecule has 0 N–H and O–H groups in total. The third-order valence-electron chi connectivity index (χ3n) is 3.06. The molecule has 0 radical (unpaired) electrons. The molecule has 1 unspecified atom stereocenters. The summed E-state index contributed by atoms with van der Waals surface area (Å²) in [5, 5.41) is 0. The van der Waals surface area contributed by atoms with Crippen molar-refractivity contribution in [3.05, 3.63) is 72.4 Å². The van der Waals surface area contributed by atoms with Gasteiger partial charge in [0.1, 0.15) is 0 Å². The largest absolute Gasteiger partial charge is 0.357 e. The number of hydrogen-bond acceptors (Lipinski definition) is 1. The first kappa shape index (κ1) is 12.4. The van der Waals surface area contributed by atoms with Crippen LogP contribution in [-0.2, 0) is 10.3 Å². The lowest BCUT2D eigenvalue weighted by Crippen LogP contribution is -2.28. The summed E-state index contributed by atoms with van der Waals surface area (Å²) >= 11 is 0. The molecule has 90 valence electrons. The fraction of sp³-hybridized carbons (Fsp3) is 0.176. The van der Waals surface area contributed by atoms with Crippen molar-refractivity contribution in [2.45, 2.75) is 12.0 Å². The third-order valence-corrected chi connectivity index (χ3v) is 3.06. The van der Waals surface area contributed by atoms with Crippen molar-refractivity contribution in [1.29, 1.82) is 0 Å². The molecule has 0 amide bonds. The van der Waals surface area contributed by atoms with Crippen molar-refractivity contribution < 1.29 is 4.74 Å². The molecule has 1 aromatic carbocycles. The summed E-state index contributed by atoms with van der Waals surface area (Å²) in [6.45, 7) is 3.65. The highest BCUT2D eigenvalue weighted by atomic mass is 16.5. The Morgan fingerprint density at radius 1 is 1.33 bits per heavy atom. The van der Waals surface area contributed by atoms with Crippen LogP contribution in [0, 0.1) is 11.8 Å². The van der Waals surface area contributed by atoms with E-state index in [9.17, 15) is 0 Å². The van der Waals surface area contributed by atoms with Gasteiger partial charge in [-0.2, -0.15) is 0 Å². The highest BCUT2D eigenvalue weighted by Gasteiger charge is 2.34. The van der Waals surface area contributed by atoms with Crippen LogP contribution >= 0.6 is 0 Å². The highest BCUT2D eigenvalue weighted by molar-refractivity contribution is 5.47. The van der Waals surface area contributed by atoms with Gasteiger partial charge in [-0.15, -0.1) is 0 Å². The summed E-state index contributed by atoms with van der Waals surface area (Å²) in [4.78, 5) is 0. The fourth-order valence-electron chi connectivity index (χ4n) is 2.17. The van der Waals surface area contributed by atoms with Crippen LogP contribution in [0.3, 0.4) is 0 Å². The number of hydrogen-bond donors (Lipinski definition) is 0. The molecule has 1 aliphatic carbocycles. The van der Waals surface area contributed by atoms with Crippen molar-refractivity contribution in [3.63, 3.8) is 0 Å². The Labute approximate surface area is 108 Å². The Morgan fingerprint density at radius 2 is 2.11 bits per heavy atom. The number of ether oxygens (including phenoxy) is 1. The number of benzene rings is 1. The van der Waals surface area contributed by atoms with E-state index in [0.717, 1.165) is 17.6 Å². The summed E-state index contributed by atoms with van der Waals surface area (Å²) in [6.07, 6.45) is 8.70. The van der Waals surface area contributed by atoms with Gasteiger partial charge in [-0.05, 0) is 18.1 Å². The van der Waals surface area contributed by atoms with Crippen LogP contribution < -0.4 is 0 Å². The van der Waals surface area contributed by atoms with Gasteiger partial charge in [0.15, 0.2) is 5.60 Å². The van der Waals surface area contributed by atoms with Crippen LogP contribution in [0.4, 0.5) is 0 Å². The Hall–Kier alpha value is -2.04. The number of rotatable bonds is 3. The summed E-state index contributed by atoms with van der Waals surface area (Å²) in [7, 11) is 1.70. The molecule has 0 heterocycles. The molecule has 1 aromatic rings. The SMILES string of the molecule is C=CC#CC(OC)(C1=CC=CC1)c1ccccc1. The molecule has 1 heteroatoms. The second kappa shape index (κ2) is 5.53. The zero-order valence-electron chi connectivity index (χ0n) is 10.5. The van der Waals surface area contributed by atoms with Gasteiger partial charge in [0, 0.05) is 12.7 Å². The van der Waals surface area contributed by atoms with Gasteiger partial charge in [-0.3, -0.25) is 0 Å². The molecule has 0 saturated carbocycles. The lowest BCUT2D eigenvalue weighted by molar-refractivity contribution is 0.0693. The molecule has 1 aliphatic rings. The zero-order valence-corrected chi connectivity index (χ0v) is 10.5. The molecule has 0 bridgehead atoms. The van der Waals surface area contributed by atoms with Gasteiger partial charge in [0.2, 0.25) is 0 Å². The van der Waals surface area contributed by atoms with Crippen LogP contribution in [0.2, 0.25) is 0 Å². The Morgan fingerprint density at radius 3 is 2.67 bits per heavy atom. The van der Waals surface area contributed by atoms with E-state index in [1.54, 1.807) is 13.2 Å². The number of allylic oxidation sites excluding steroid dienone is 4. The minimum absolute atomic E-state index is 0.668. The Bertz CT molecular complexity index is 540. The highest BCUT2D eigenvalue weighted by Crippen LogP contribution is 2.36. The molecule has 0 fully saturated rings. The molecule has 1 atom stereocenters. The smallest absolute Gasteiger partial charge is 0.176 e. The Balaban J connectivity index is 2.54. The lowest BCUT2D eigenvalue weighted by atomic mass is 9.85. The van der Waals surface area contributed by atoms with Crippen LogP contribution in [0.15, 0.2) is 66.8 Å². The monoisotopic (exact) mass is 236 g/mol. The van der Waals surface area contributed by atoms with E-state index in [1.807, 2.05) is 36.4 Å². The lowest BCUT2D eigenvalue weighted by Gasteiger charge is -2.29. The molecule has 18 heavy (non-hydrogen) atoms. The quantitative estimate of drug-likeness (QED) is 0.728. The minimum atomic E-state index is -0.668. The van der Waals surface area contributed by atoms with Crippen LogP contribution in [-0.4, -0.2) is 7.11 Å². The molecular formula is C17H16O. The molecule has 0 aromatic heterocycles. The average molecular weight is 236 g/mol. The maximum atomic E-state index is 5.78. The third kappa shape index (κ3) is 2.16. The van der Waals surface area contributed by atoms with Crippen molar-refractivity contribution in [3.8, 4) is 11.8 Å². The van der Waals surface area contributed by atoms with Gasteiger partial charge < -0.3 is 4.74 Å². The summed E-state index contributed by atoms with van der Waals surface area (Å²) in [5.74, 6) is 6.13. The van der Waals surface area contributed by atoms with Crippen molar-refractivity contribution in [1.82, 2.24) is 0 Å². The van der Waals surface area contributed by atoms with Crippen LogP contribution in [0.5, 0.6) is 0 Å². The molecular weight excluding hydrogens is 220 g/mol. The van der Waals surface area contributed by atoms with Gasteiger partial charge >= 0.3 is 0 Å². The maximum absolute atomic E-state index is 5.78. The predicted octanol–water partition coefficient (Wildman–Crippen LogP) is 3.60. The first-order chi connectivity index (χ1) is 8.83. The summed E-state index contributed by atoms with van der Waals surface area (Å²) in [6, 6.07) is 10.1. The first-order valence-corrected chi connectivity index (χ1v) is 5.94. The van der Waals surface area contributed by atoms with Crippen LogP contribution in [0.25, 0.3) is 0 Å². The second-order valence-corrected chi connectivity index (χ2v) is 4.05. The number of methoxy groups -OCH3 is 1. The molecule has 0 saturated heterocycles. The average Bonchev–Trinajstić information content (AvgIpc) is 2.96. The Kier molecular flexibility index (Phi) is 3.82. The predicted molar refractivity (Wildman–Crippen MR) is 74.9 cm³/mol. The van der Waals surface area contributed by atoms with Crippen molar-refractivity contribution in [2.75, 3.05) is 7.11 Å². The first-order valence-electron chi connectivity index (χ1n) is 5.94. The standard InChI is InChI=1S/C17H16O/c1-3-4-14-17(18-2,16-12-8-9-13-16)15-10-6-5-7-11-15/h3,5-12H,1,13H2,2H3. The zero-order chi connectivity index (χ0) is 12.8. The van der Waals surface area contributed by atoms with Gasteiger partial charge in [0.05, 0.1) is 0 Å². The van der Waals surface area contributed by atoms with E-state index < -0.39 is 5.60 Å². The molecule has 0 spiro atoms. The summed E-state index contributed by atoms with van der Waals surface area (Å²) in [5.41, 5.74) is 1.54. The van der Waals surface area contributed by atoms with Gasteiger partial charge in [-0.25, -0.2) is 0 Å². The molecule has 2 rings (SSSR count). The van der Waals surface area contributed by atoms with E-state index in [0.29, 0.717) is 0 Å². The second-order valence-electron chi connectivity index (χ2n) is 4.05. The molecule has 0 aliphatic heterocycles. The van der Waals surface area contributed by atoms with Crippen molar-refractivity contribution >= 4 is 0 Å². The minimum Gasteiger partial charge on any atom is -0.357 e. The fourth-order valence-corrected chi connectivity index (χ4v) is 2.17. The molecule has 1 nitrogen and oxygen atoms in total. The normalized spacial score (nSPS) is 16.4.